The number of nitrogens with zero attached hydrogens (tertiary/aromatic N) is 3. The second kappa shape index (κ2) is 7.83. The highest BCUT2D eigenvalue weighted by Gasteiger charge is 2.40. The summed E-state index contributed by atoms with van der Waals surface area (Å²) in [5.41, 5.74) is 0.858. The first-order valence-corrected chi connectivity index (χ1v) is 6.97. The van der Waals surface area contributed by atoms with Gasteiger partial charge in [-0.2, -0.15) is 18.3 Å². The molecule has 0 saturated carbocycles. The normalized spacial score (nSPS) is 20.9. The second-order valence-electron chi connectivity index (χ2n) is 5.44. The molecule has 0 aromatic carbocycles. The zero-order chi connectivity index (χ0) is 16.3. The minimum Gasteiger partial charge on any atom is -0.330 e. The first-order valence-electron chi connectivity index (χ1n) is 6.97. The minimum absolute atomic E-state index is 0. The van der Waals surface area contributed by atoms with Gasteiger partial charge < -0.3 is 10.2 Å². The minimum atomic E-state index is -4.42. The topological polar surface area (TPSA) is 50.2 Å². The molecular weight excluding hydrogens is 333 g/mol. The molecule has 1 aromatic heterocycles. The Balaban J connectivity index is 0.00000264. The Labute approximate surface area is 138 Å². The first kappa shape index (κ1) is 19.5. The molecule has 1 aliphatic heterocycles. The average Bonchev–Trinajstić information content (AvgIpc) is 3.04. The van der Waals surface area contributed by atoms with Gasteiger partial charge in [0.2, 0.25) is 5.91 Å². The van der Waals surface area contributed by atoms with Crippen LogP contribution in [-0.4, -0.2) is 52.9 Å². The molecule has 0 aliphatic carbocycles. The third kappa shape index (κ3) is 4.97. The van der Waals surface area contributed by atoms with Gasteiger partial charge in [-0.25, -0.2) is 0 Å². The third-order valence-electron chi connectivity index (χ3n) is 3.72. The van der Waals surface area contributed by atoms with Crippen LogP contribution in [0.15, 0.2) is 25.0 Å². The van der Waals surface area contributed by atoms with Gasteiger partial charge >= 0.3 is 6.18 Å². The van der Waals surface area contributed by atoms with Crippen molar-refractivity contribution in [3.05, 3.63) is 30.6 Å². The SMILES string of the molecule is C=CCN(CC(F)(F)F)C(=O)[C@H]1CNC[C@@H]1c1cnn(C)c1.Cl. The van der Waals surface area contributed by atoms with Crippen LogP contribution in [-0.2, 0) is 11.8 Å². The number of hydrogen-bond donors (Lipinski definition) is 1. The van der Waals surface area contributed by atoms with Crippen LogP contribution in [0.2, 0.25) is 0 Å². The fourth-order valence-electron chi connectivity index (χ4n) is 2.76. The molecule has 1 aromatic rings. The molecule has 23 heavy (non-hydrogen) atoms. The maximum absolute atomic E-state index is 12.6. The number of aromatic nitrogens is 2. The Morgan fingerprint density at radius 2 is 2.26 bits per heavy atom. The van der Waals surface area contributed by atoms with Gasteiger partial charge in [0.05, 0.1) is 12.1 Å². The molecule has 130 valence electrons. The number of aryl methyl sites for hydroxylation is 1. The lowest BCUT2D eigenvalue weighted by Gasteiger charge is -2.27. The predicted octanol–water partition coefficient (Wildman–Crippen LogP) is 1.72. The second-order valence-corrected chi connectivity index (χ2v) is 5.44. The fraction of sp³-hybridized carbons (Fsp3) is 0.571. The molecule has 2 atom stereocenters. The standard InChI is InChI=1S/C14H19F3N4O.ClH/c1-3-4-21(9-14(15,16)17)13(22)12-7-18-6-11(12)10-5-19-20(2)8-10;/h3,5,8,11-12,18H,1,4,6-7,9H2,2H3;1H/t11-,12+;/m1./s1. The van der Waals surface area contributed by atoms with Gasteiger partial charge in [-0.05, 0) is 5.56 Å². The molecule has 2 rings (SSSR count). The van der Waals surface area contributed by atoms with E-state index in [0.29, 0.717) is 13.1 Å². The molecule has 1 N–H and O–H groups in total. The Kier molecular flexibility index (Phi) is 6.64. The molecular formula is C14H20ClF3N4O. The molecule has 1 amide bonds. The van der Waals surface area contributed by atoms with E-state index in [0.717, 1.165) is 10.5 Å². The number of rotatable bonds is 5. The van der Waals surface area contributed by atoms with E-state index in [-0.39, 0.29) is 24.9 Å². The summed E-state index contributed by atoms with van der Waals surface area (Å²) < 4.78 is 39.5. The van der Waals surface area contributed by atoms with Crippen molar-refractivity contribution in [3.8, 4) is 0 Å². The highest BCUT2D eigenvalue weighted by Crippen LogP contribution is 2.30. The molecule has 1 aliphatic rings. The quantitative estimate of drug-likeness (QED) is 0.821. The zero-order valence-corrected chi connectivity index (χ0v) is 13.5. The van der Waals surface area contributed by atoms with Crippen LogP contribution in [0.1, 0.15) is 11.5 Å². The summed E-state index contributed by atoms with van der Waals surface area (Å²) in [6.07, 6.45) is 0.332. The number of amides is 1. The summed E-state index contributed by atoms with van der Waals surface area (Å²) in [6, 6.07) is 0. The van der Waals surface area contributed by atoms with Crippen LogP contribution >= 0.6 is 12.4 Å². The summed E-state index contributed by atoms with van der Waals surface area (Å²) in [5, 5.41) is 7.14. The van der Waals surface area contributed by atoms with Crippen LogP contribution in [0.4, 0.5) is 13.2 Å². The monoisotopic (exact) mass is 352 g/mol. The lowest BCUT2D eigenvalue weighted by molar-refractivity contribution is -0.162. The molecule has 1 fully saturated rings. The van der Waals surface area contributed by atoms with Gasteiger partial charge in [0.1, 0.15) is 6.54 Å². The summed E-state index contributed by atoms with van der Waals surface area (Å²) in [5.74, 6) is -1.19. The molecule has 0 unspecified atom stereocenters. The van der Waals surface area contributed by atoms with Gasteiger partial charge in [-0.3, -0.25) is 9.48 Å². The lowest BCUT2D eigenvalue weighted by atomic mass is 9.89. The van der Waals surface area contributed by atoms with Crippen molar-refractivity contribution >= 4 is 18.3 Å². The number of nitrogens with one attached hydrogen (secondary N) is 1. The molecule has 9 heteroatoms. The summed E-state index contributed by atoms with van der Waals surface area (Å²) >= 11 is 0. The highest BCUT2D eigenvalue weighted by molar-refractivity contribution is 5.85. The van der Waals surface area contributed by atoms with E-state index in [1.165, 1.54) is 6.08 Å². The van der Waals surface area contributed by atoms with E-state index in [9.17, 15) is 18.0 Å². The number of carbonyl (C=O) groups is 1. The Morgan fingerprint density at radius 1 is 1.57 bits per heavy atom. The average molecular weight is 353 g/mol. The molecule has 0 radical (unpaired) electrons. The third-order valence-corrected chi connectivity index (χ3v) is 3.72. The fourth-order valence-corrected chi connectivity index (χ4v) is 2.76. The van der Waals surface area contributed by atoms with Crippen molar-refractivity contribution in [2.75, 3.05) is 26.2 Å². The predicted molar refractivity (Wildman–Crippen MR) is 82.4 cm³/mol. The van der Waals surface area contributed by atoms with Crippen LogP contribution in [0.3, 0.4) is 0 Å². The van der Waals surface area contributed by atoms with E-state index in [1.807, 2.05) is 0 Å². The smallest absolute Gasteiger partial charge is 0.330 e. The van der Waals surface area contributed by atoms with Crippen molar-refractivity contribution < 1.29 is 18.0 Å². The Bertz CT molecular complexity index is 546. The van der Waals surface area contributed by atoms with Crippen molar-refractivity contribution in [3.63, 3.8) is 0 Å². The number of hydrogen-bond acceptors (Lipinski definition) is 3. The Morgan fingerprint density at radius 3 is 2.78 bits per heavy atom. The van der Waals surface area contributed by atoms with Crippen molar-refractivity contribution in [2.24, 2.45) is 13.0 Å². The maximum Gasteiger partial charge on any atom is 0.406 e. The van der Waals surface area contributed by atoms with Gasteiger partial charge in [0, 0.05) is 38.8 Å². The Hall–Kier alpha value is -1.54. The molecule has 2 heterocycles. The number of alkyl halides is 3. The van der Waals surface area contributed by atoms with Gasteiger partial charge in [0.15, 0.2) is 0 Å². The largest absolute Gasteiger partial charge is 0.406 e. The van der Waals surface area contributed by atoms with Crippen LogP contribution < -0.4 is 5.32 Å². The van der Waals surface area contributed by atoms with Crippen molar-refractivity contribution in [1.82, 2.24) is 20.0 Å². The van der Waals surface area contributed by atoms with Crippen molar-refractivity contribution in [1.29, 1.82) is 0 Å². The number of carbonyl (C=O) groups excluding carboxylic acids is 1. The van der Waals surface area contributed by atoms with Gasteiger partial charge in [0.25, 0.3) is 0 Å². The molecule has 5 nitrogen and oxygen atoms in total. The maximum atomic E-state index is 12.6. The zero-order valence-electron chi connectivity index (χ0n) is 12.7. The van der Waals surface area contributed by atoms with E-state index in [2.05, 4.69) is 17.0 Å². The first-order chi connectivity index (χ1) is 10.3. The van der Waals surface area contributed by atoms with Gasteiger partial charge in [-0.1, -0.05) is 6.08 Å². The number of halogens is 4. The lowest BCUT2D eigenvalue weighted by Crippen LogP contribution is -2.43. The molecule has 0 bridgehead atoms. The van der Waals surface area contributed by atoms with Crippen molar-refractivity contribution in [2.45, 2.75) is 12.1 Å². The summed E-state index contributed by atoms with van der Waals surface area (Å²) in [7, 11) is 1.76. The summed E-state index contributed by atoms with van der Waals surface area (Å²) in [4.78, 5) is 13.3. The van der Waals surface area contributed by atoms with E-state index in [1.54, 1.807) is 24.1 Å². The van der Waals surface area contributed by atoms with Crippen LogP contribution in [0.5, 0.6) is 0 Å². The van der Waals surface area contributed by atoms with Gasteiger partial charge in [-0.15, -0.1) is 19.0 Å². The van der Waals surface area contributed by atoms with Crippen LogP contribution in [0.25, 0.3) is 0 Å². The van der Waals surface area contributed by atoms with E-state index >= 15 is 0 Å². The molecule has 1 saturated heterocycles. The van der Waals surface area contributed by atoms with E-state index < -0.39 is 24.5 Å². The summed E-state index contributed by atoms with van der Waals surface area (Å²) in [6.45, 7) is 2.97. The van der Waals surface area contributed by atoms with E-state index in [4.69, 9.17) is 0 Å². The molecule has 0 spiro atoms. The van der Waals surface area contributed by atoms with Crippen LogP contribution in [0, 0.1) is 5.92 Å². The highest BCUT2D eigenvalue weighted by atomic mass is 35.5.